The Morgan fingerprint density at radius 3 is 2.84 bits per heavy atom. The molecule has 3 rings (SSSR count). The maximum atomic E-state index is 12.4. The van der Waals surface area contributed by atoms with Crippen LogP contribution < -0.4 is 21.7 Å². The minimum Gasteiger partial charge on any atom is -0.448 e. The molecule has 1 aliphatic carbocycles. The van der Waals surface area contributed by atoms with Crippen LogP contribution in [0.25, 0.3) is 0 Å². The zero-order valence-corrected chi connectivity index (χ0v) is 13.9. The largest absolute Gasteiger partial charge is 0.448 e. The molecule has 0 bridgehead atoms. The molecule has 2 amide bonds. The predicted octanol–water partition coefficient (Wildman–Crippen LogP) is 1.49. The van der Waals surface area contributed by atoms with E-state index in [-0.39, 0.29) is 12.5 Å². The number of hydrogen-bond donors (Lipinski definition) is 3. The minimum absolute atomic E-state index is 0.0375. The summed E-state index contributed by atoms with van der Waals surface area (Å²) in [5, 5.41) is 5.27. The Hall–Kier alpha value is -2.55. The van der Waals surface area contributed by atoms with Crippen molar-refractivity contribution in [1.82, 2.24) is 10.8 Å². The van der Waals surface area contributed by atoms with Crippen molar-refractivity contribution >= 4 is 17.9 Å². The van der Waals surface area contributed by atoms with Crippen LogP contribution in [0, 0.1) is 5.92 Å². The number of fused-ring (bicyclic) bond motifs is 1. The average molecular weight is 351 g/mol. The summed E-state index contributed by atoms with van der Waals surface area (Å²) < 4.78 is 9.74. The molecule has 9 nitrogen and oxygen atoms in total. The first-order valence-corrected chi connectivity index (χ1v) is 8.39. The fourth-order valence-corrected chi connectivity index (χ4v) is 2.90. The first-order chi connectivity index (χ1) is 12.1. The SMILES string of the molecule is CCOC(=O)NOC1NC(=O)c2c(CCC3CCC3)cc(=O)oc2N1. The molecular weight excluding hydrogens is 330 g/mol. The molecule has 1 saturated carbocycles. The molecule has 1 unspecified atom stereocenters. The third-order valence-corrected chi connectivity index (χ3v) is 4.38. The predicted molar refractivity (Wildman–Crippen MR) is 86.8 cm³/mol. The van der Waals surface area contributed by atoms with Gasteiger partial charge in [0.25, 0.3) is 5.91 Å². The number of hydrogen-bond acceptors (Lipinski definition) is 7. The van der Waals surface area contributed by atoms with Crippen molar-refractivity contribution in [2.45, 2.75) is 45.4 Å². The molecule has 1 aromatic rings. The maximum Gasteiger partial charge on any atom is 0.431 e. The molecular formula is C16H21N3O6. The van der Waals surface area contributed by atoms with Gasteiger partial charge in [-0.1, -0.05) is 19.3 Å². The van der Waals surface area contributed by atoms with Gasteiger partial charge < -0.3 is 19.8 Å². The van der Waals surface area contributed by atoms with E-state index in [0.29, 0.717) is 23.5 Å². The lowest BCUT2D eigenvalue weighted by Crippen LogP contribution is -2.50. The Labute approximate surface area is 144 Å². The second-order valence-corrected chi connectivity index (χ2v) is 6.07. The number of carbonyl (C=O) groups is 2. The molecule has 9 heteroatoms. The van der Waals surface area contributed by atoms with Gasteiger partial charge in [-0.3, -0.25) is 4.79 Å². The van der Waals surface area contributed by atoms with E-state index in [1.165, 1.54) is 25.3 Å². The summed E-state index contributed by atoms with van der Waals surface area (Å²) in [5.41, 5.74) is 2.44. The molecule has 25 heavy (non-hydrogen) atoms. The second kappa shape index (κ2) is 7.56. The number of ether oxygens (including phenoxy) is 1. The Morgan fingerprint density at radius 2 is 2.16 bits per heavy atom. The number of aryl methyl sites for hydroxylation is 1. The molecule has 136 valence electrons. The van der Waals surface area contributed by atoms with Gasteiger partial charge in [-0.2, -0.15) is 5.48 Å². The fraction of sp³-hybridized carbons (Fsp3) is 0.562. The van der Waals surface area contributed by atoms with Crippen molar-refractivity contribution in [3.8, 4) is 0 Å². The van der Waals surface area contributed by atoms with Crippen LogP contribution in [-0.2, 0) is 16.0 Å². The van der Waals surface area contributed by atoms with Crippen molar-refractivity contribution in [3.63, 3.8) is 0 Å². The maximum absolute atomic E-state index is 12.4. The Bertz CT molecular complexity index is 712. The molecule has 0 saturated heterocycles. The van der Waals surface area contributed by atoms with Crippen molar-refractivity contribution in [1.29, 1.82) is 0 Å². The van der Waals surface area contributed by atoms with Gasteiger partial charge >= 0.3 is 11.7 Å². The zero-order chi connectivity index (χ0) is 17.8. The van der Waals surface area contributed by atoms with Crippen molar-refractivity contribution in [2.24, 2.45) is 5.92 Å². The van der Waals surface area contributed by atoms with E-state index < -0.39 is 24.0 Å². The van der Waals surface area contributed by atoms with Crippen molar-refractivity contribution < 1.29 is 23.6 Å². The summed E-state index contributed by atoms with van der Waals surface area (Å²) in [7, 11) is 0. The lowest BCUT2D eigenvalue weighted by Gasteiger charge is -2.28. The molecule has 1 aromatic heterocycles. The van der Waals surface area contributed by atoms with Gasteiger partial charge in [-0.25, -0.2) is 14.4 Å². The van der Waals surface area contributed by atoms with E-state index >= 15 is 0 Å². The number of anilines is 1. The number of carbonyl (C=O) groups excluding carboxylic acids is 2. The summed E-state index contributed by atoms with van der Waals surface area (Å²) in [6.07, 6.45) is 3.35. The summed E-state index contributed by atoms with van der Waals surface area (Å²) in [5.74, 6) is 0.264. The highest BCUT2D eigenvalue weighted by Gasteiger charge is 2.30. The molecule has 0 radical (unpaired) electrons. The molecule has 2 heterocycles. The van der Waals surface area contributed by atoms with Crippen LogP contribution in [0.1, 0.15) is 48.5 Å². The molecule has 2 aliphatic rings. The van der Waals surface area contributed by atoms with Crippen molar-refractivity contribution in [2.75, 3.05) is 11.9 Å². The third kappa shape index (κ3) is 4.11. The molecule has 0 aromatic carbocycles. The molecule has 0 spiro atoms. The molecule has 1 aliphatic heterocycles. The smallest absolute Gasteiger partial charge is 0.431 e. The van der Waals surface area contributed by atoms with Gasteiger partial charge in [-0.15, -0.1) is 0 Å². The van der Waals surface area contributed by atoms with Gasteiger partial charge in [0.1, 0.15) is 5.56 Å². The van der Waals surface area contributed by atoms with Gasteiger partial charge in [0.15, 0.2) is 0 Å². The third-order valence-electron chi connectivity index (χ3n) is 4.38. The quantitative estimate of drug-likeness (QED) is 0.664. The first-order valence-electron chi connectivity index (χ1n) is 8.39. The topological polar surface area (TPSA) is 119 Å². The van der Waals surface area contributed by atoms with Gasteiger partial charge in [0.05, 0.1) is 6.61 Å². The highest BCUT2D eigenvalue weighted by Crippen LogP contribution is 2.32. The van der Waals surface area contributed by atoms with Gasteiger partial charge in [0, 0.05) is 6.07 Å². The second-order valence-electron chi connectivity index (χ2n) is 6.07. The van der Waals surface area contributed by atoms with Crippen LogP contribution in [0.3, 0.4) is 0 Å². The van der Waals surface area contributed by atoms with Crippen LogP contribution in [0.4, 0.5) is 10.7 Å². The van der Waals surface area contributed by atoms with Crippen molar-refractivity contribution in [3.05, 3.63) is 27.6 Å². The lowest BCUT2D eigenvalue weighted by atomic mass is 9.81. The van der Waals surface area contributed by atoms with E-state index in [1.54, 1.807) is 6.92 Å². The summed E-state index contributed by atoms with van der Waals surface area (Å²) in [4.78, 5) is 40.4. The van der Waals surface area contributed by atoms with Gasteiger partial charge in [0.2, 0.25) is 12.2 Å². The lowest BCUT2D eigenvalue weighted by molar-refractivity contribution is -0.0246. The van der Waals surface area contributed by atoms with E-state index in [2.05, 4.69) is 15.4 Å². The van der Waals surface area contributed by atoms with Gasteiger partial charge in [-0.05, 0) is 31.2 Å². The summed E-state index contributed by atoms with van der Waals surface area (Å²) in [6, 6.07) is 1.36. The van der Waals surface area contributed by atoms with Crippen LogP contribution in [0.2, 0.25) is 0 Å². The molecule has 1 fully saturated rings. The fourth-order valence-electron chi connectivity index (χ4n) is 2.90. The van der Waals surface area contributed by atoms with Crippen LogP contribution in [0.5, 0.6) is 0 Å². The monoisotopic (exact) mass is 351 g/mol. The summed E-state index contributed by atoms with van der Waals surface area (Å²) in [6.45, 7) is 1.83. The number of hydroxylamine groups is 1. The van der Waals surface area contributed by atoms with Crippen LogP contribution in [0.15, 0.2) is 15.3 Å². The first kappa shape index (κ1) is 17.3. The molecule has 3 N–H and O–H groups in total. The normalized spacial score (nSPS) is 19.2. The Morgan fingerprint density at radius 1 is 1.36 bits per heavy atom. The summed E-state index contributed by atoms with van der Waals surface area (Å²) >= 11 is 0. The van der Waals surface area contributed by atoms with E-state index in [9.17, 15) is 14.4 Å². The Kier molecular flexibility index (Phi) is 5.22. The zero-order valence-electron chi connectivity index (χ0n) is 13.9. The van der Waals surface area contributed by atoms with E-state index in [4.69, 9.17) is 9.25 Å². The highest BCUT2D eigenvalue weighted by molar-refractivity contribution is 6.01. The average Bonchev–Trinajstić information content (AvgIpc) is 2.51. The Balaban J connectivity index is 1.70. The van der Waals surface area contributed by atoms with E-state index in [1.807, 2.05) is 5.48 Å². The molecule has 1 atom stereocenters. The number of nitrogens with one attached hydrogen (secondary N) is 3. The van der Waals surface area contributed by atoms with E-state index in [0.717, 1.165) is 6.42 Å². The number of rotatable bonds is 6. The minimum atomic E-state index is -1.07. The van der Waals surface area contributed by atoms with Crippen LogP contribution >= 0.6 is 0 Å². The van der Waals surface area contributed by atoms with Crippen LogP contribution in [-0.4, -0.2) is 25.0 Å². The highest BCUT2D eigenvalue weighted by atomic mass is 16.7. The number of amides is 2. The standard InChI is InChI=1S/C16H21N3O6/c1-2-23-16(22)19-25-15-17-13(21)12-10(7-6-9-4-3-5-9)8-11(20)24-14(12)18-15/h8-9,15,18H,2-7H2,1H3,(H,17,21)(H,19,22).